The van der Waals surface area contributed by atoms with E-state index in [2.05, 4.69) is 20.2 Å². The number of carbonyl (C=O) groups is 2. The van der Waals surface area contributed by atoms with E-state index in [4.69, 9.17) is 19.3 Å². The van der Waals surface area contributed by atoms with E-state index < -0.39 is 12.1 Å². The van der Waals surface area contributed by atoms with Gasteiger partial charge in [0.1, 0.15) is 17.7 Å². The van der Waals surface area contributed by atoms with Crippen LogP contribution in [-0.2, 0) is 16.0 Å². The van der Waals surface area contributed by atoms with Crippen molar-refractivity contribution >= 4 is 23.5 Å². The lowest BCUT2D eigenvalue weighted by Gasteiger charge is -2.33. The summed E-state index contributed by atoms with van der Waals surface area (Å²) in [5.41, 5.74) is 0.755. The first-order valence-electron chi connectivity index (χ1n) is 12.6. The highest BCUT2D eigenvalue weighted by molar-refractivity contribution is 5.91. The molecule has 1 fully saturated rings. The van der Waals surface area contributed by atoms with Crippen molar-refractivity contribution in [1.29, 1.82) is 0 Å². The molecule has 0 aliphatic carbocycles. The Hall–Kier alpha value is -4.34. The zero-order valence-electron chi connectivity index (χ0n) is 21.5. The van der Waals surface area contributed by atoms with E-state index in [1.807, 2.05) is 31.2 Å². The van der Waals surface area contributed by atoms with Gasteiger partial charge >= 0.3 is 5.97 Å². The number of piperidine rings is 1. The highest BCUT2D eigenvalue weighted by Crippen LogP contribution is 2.30. The molecule has 1 aliphatic rings. The number of carboxylic acid groups (broad SMARTS) is 1. The average molecular weight is 521 g/mol. The molecule has 1 aromatic heterocycles. The fraction of sp³-hybridized carbons (Fsp3) is 0.357. The van der Waals surface area contributed by atoms with Crippen molar-refractivity contribution in [1.82, 2.24) is 9.97 Å². The third-order valence-electron chi connectivity index (χ3n) is 5.98. The van der Waals surface area contributed by atoms with E-state index in [9.17, 15) is 9.59 Å². The number of aliphatic carboxylic acids is 1. The van der Waals surface area contributed by atoms with Crippen molar-refractivity contribution < 1.29 is 28.9 Å². The van der Waals surface area contributed by atoms with Gasteiger partial charge in [-0.2, -0.15) is 0 Å². The second kappa shape index (κ2) is 12.8. The Kier molecular flexibility index (Phi) is 8.97. The molecule has 0 radical (unpaired) electrons. The normalized spacial score (nSPS) is 15.8. The Bertz CT molecular complexity index is 1240. The first kappa shape index (κ1) is 26.7. The van der Waals surface area contributed by atoms with E-state index >= 15 is 0 Å². The molecule has 0 spiro atoms. The van der Waals surface area contributed by atoms with Crippen LogP contribution in [0.3, 0.4) is 0 Å². The lowest BCUT2D eigenvalue weighted by atomic mass is 10.1. The van der Waals surface area contributed by atoms with Gasteiger partial charge in [-0.15, -0.1) is 0 Å². The van der Waals surface area contributed by atoms with E-state index in [0.717, 1.165) is 36.4 Å². The van der Waals surface area contributed by atoms with Crippen molar-refractivity contribution in [2.45, 2.75) is 45.3 Å². The molecule has 1 aliphatic heterocycles. The van der Waals surface area contributed by atoms with Gasteiger partial charge in [0.05, 0.1) is 32.0 Å². The molecule has 10 nitrogen and oxygen atoms in total. The van der Waals surface area contributed by atoms with Gasteiger partial charge in [-0.3, -0.25) is 9.78 Å². The maximum Gasteiger partial charge on any atom is 0.344 e. The molecule has 0 saturated carbocycles. The van der Waals surface area contributed by atoms with E-state index in [0.29, 0.717) is 30.5 Å². The molecule has 0 unspecified atom stereocenters. The van der Waals surface area contributed by atoms with Crippen molar-refractivity contribution in [2.24, 2.45) is 0 Å². The summed E-state index contributed by atoms with van der Waals surface area (Å²) in [6.07, 6.45) is 4.19. The number of nitrogens with one attached hydrogen (secondary N) is 1. The molecule has 1 saturated heterocycles. The Morgan fingerprint density at radius 3 is 2.63 bits per heavy atom. The fourth-order valence-corrected chi connectivity index (χ4v) is 4.13. The van der Waals surface area contributed by atoms with Gasteiger partial charge in [-0.05, 0) is 56.5 Å². The van der Waals surface area contributed by atoms with Crippen molar-refractivity contribution in [3.8, 4) is 17.2 Å². The van der Waals surface area contributed by atoms with Crippen LogP contribution in [0.5, 0.6) is 17.2 Å². The molecule has 200 valence electrons. The number of nitrogens with zero attached hydrogens (tertiary/aromatic N) is 3. The maximum absolute atomic E-state index is 12.6. The Morgan fingerprint density at radius 1 is 1.13 bits per heavy atom. The largest absolute Gasteiger partial charge is 0.490 e. The number of carbonyl (C=O) groups excluding carboxylic acids is 1. The Morgan fingerprint density at radius 2 is 1.89 bits per heavy atom. The van der Waals surface area contributed by atoms with E-state index in [1.54, 1.807) is 30.5 Å². The molecule has 2 heterocycles. The standard InChI is InChI=1S/C28H32N4O6/c1-3-36-23-8-4-5-9-24(23)38-22-7-6-14-32(18-22)26-17-29-16-25(30-26)31-27(33)15-20-10-12-21(13-11-20)37-19(2)28(34)35/h4-5,8-13,16-17,19,22H,3,6-7,14-15,18H2,1-2H3,(H,34,35)(H,30,31,33)/t19-,22+/m0/s1. The first-order valence-corrected chi connectivity index (χ1v) is 12.6. The van der Waals surface area contributed by atoms with E-state index in [-0.39, 0.29) is 18.4 Å². The quantitative estimate of drug-likeness (QED) is 0.387. The zero-order chi connectivity index (χ0) is 26.9. The second-order valence-corrected chi connectivity index (χ2v) is 8.94. The van der Waals surface area contributed by atoms with Gasteiger partial charge in [-0.1, -0.05) is 24.3 Å². The number of para-hydroxylation sites is 2. The molecule has 0 bridgehead atoms. The summed E-state index contributed by atoms with van der Waals surface area (Å²) >= 11 is 0. The smallest absolute Gasteiger partial charge is 0.344 e. The molecule has 2 aromatic carbocycles. The molecule has 2 atom stereocenters. The lowest BCUT2D eigenvalue weighted by Crippen LogP contribution is -2.41. The van der Waals surface area contributed by atoms with Crippen LogP contribution < -0.4 is 24.4 Å². The summed E-state index contributed by atoms with van der Waals surface area (Å²) < 4.78 is 17.3. The third-order valence-corrected chi connectivity index (χ3v) is 5.98. The minimum absolute atomic E-state index is 0.0316. The number of benzene rings is 2. The summed E-state index contributed by atoms with van der Waals surface area (Å²) in [6, 6.07) is 14.4. The van der Waals surface area contributed by atoms with E-state index in [1.165, 1.54) is 13.1 Å². The lowest BCUT2D eigenvalue weighted by molar-refractivity contribution is -0.144. The van der Waals surface area contributed by atoms with Crippen molar-refractivity contribution in [3.63, 3.8) is 0 Å². The summed E-state index contributed by atoms with van der Waals surface area (Å²) in [5.74, 6) is 1.63. The Balaban J connectivity index is 1.33. The molecule has 10 heteroatoms. The number of amides is 1. The summed E-state index contributed by atoms with van der Waals surface area (Å²) in [6.45, 7) is 5.42. The van der Waals surface area contributed by atoms with Crippen LogP contribution in [0.2, 0.25) is 0 Å². The third kappa shape index (κ3) is 7.34. The van der Waals surface area contributed by atoms with Crippen LogP contribution in [0.25, 0.3) is 0 Å². The maximum atomic E-state index is 12.6. The van der Waals surface area contributed by atoms with Gasteiger partial charge in [0.2, 0.25) is 5.91 Å². The highest BCUT2D eigenvalue weighted by Gasteiger charge is 2.24. The van der Waals surface area contributed by atoms with Crippen LogP contribution in [0, 0.1) is 0 Å². The Labute approximate surface area is 221 Å². The van der Waals surface area contributed by atoms with Gasteiger partial charge in [0, 0.05) is 6.54 Å². The van der Waals surface area contributed by atoms with Gasteiger partial charge < -0.3 is 29.5 Å². The van der Waals surface area contributed by atoms with Crippen LogP contribution >= 0.6 is 0 Å². The monoisotopic (exact) mass is 520 g/mol. The summed E-state index contributed by atoms with van der Waals surface area (Å²) in [7, 11) is 0. The molecule has 1 amide bonds. The minimum atomic E-state index is -1.05. The van der Waals surface area contributed by atoms with Crippen LogP contribution in [-0.4, -0.2) is 58.9 Å². The van der Waals surface area contributed by atoms with Crippen molar-refractivity contribution in [3.05, 3.63) is 66.5 Å². The highest BCUT2D eigenvalue weighted by atomic mass is 16.5. The number of anilines is 2. The van der Waals surface area contributed by atoms with Gasteiger partial charge in [0.25, 0.3) is 0 Å². The molecule has 2 N–H and O–H groups in total. The molecule has 3 aromatic rings. The molecular formula is C28H32N4O6. The van der Waals surface area contributed by atoms with Gasteiger partial charge in [0.15, 0.2) is 23.4 Å². The topological polar surface area (TPSA) is 123 Å². The fourth-order valence-electron chi connectivity index (χ4n) is 4.13. The minimum Gasteiger partial charge on any atom is -0.490 e. The van der Waals surface area contributed by atoms with Crippen LogP contribution in [0.4, 0.5) is 11.6 Å². The van der Waals surface area contributed by atoms with Gasteiger partial charge in [-0.25, -0.2) is 9.78 Å². The SMILES string of the molecule is CCOc1ccccc1O[C@@H]1CCCN(c2cncc(NC(=O)Cc3ccc(O[C@@H](C)C(=O)O)cc3)n2)C1. The first-order chi connectivity index (χ1) is 18.4. The summed E-state index contributed by atoms with van der Waals surface area (Å²) in [5, 5.41) is 11.8. The molecular weight excluding hydrogens is 488 g/mol. The number of ether oxygens (including phenoxy) is 3. The number of hydrogen-bond donors (Lipinski definition) is 2. The van der Waals surface area contributed by atoms with Crippen LogP contribution in [0.15, 0.2) is 60.9 Å². The molecule has 38 heavy (non-hydrogen) atoms. The zero-order valence-corrected chi connectivity index (χ0v) is 21.5. The predicted octanol–water partition coefficient (Wildman–Crippen LogP) is 3.96. The number of rotatable bonds is 11. The average Bonchev–Trinajstić information content (AvgIpc) is 2.91. The number of hydrogen-bond acceptors (Lipinski definition) is 8. The number of carboxylic acids is 1. The van der Waals surface area contributed by atoms with Crippen molar-refractivity contribution in [2.75, 3.05) is 29.9 Å². The summed E-state index contributed by atoms with van der Waals surface area (Å²) in [4.78, 5) is 34.6. The second-order valence-electron chi connectivity index (χ2n) is 8.94. The number of aromatic nitrogens is 2. The predicted molar refractivity (Wildman–Crippen MR) is 142 cm³/mol. The molecule has 4 rings (SSSR count). The van der Waals surface area contributed by atoms with Crippen LogP contribution in [0.1, 0.15) is 32.3 Å².